The fourth-order valence-corrected chi connectivity index (χ4v) is 1.67. The number of anilines is 1. The van der Waals surface area contributed by atoms with Gasteiger partial charge in [-0.15, -0.1) is 0 Å². The van der Waals surface area contributed by atoms with Gasteiger partial charge >= 0.3 is 0 Å². The fourth-order valence-electron chi connectivity index (χ4n) is 1.53. The van der Waals surface area contributed by atoms with Gasteiger partial charge in [0.25, 0.3) is 0 Å². The highest BCUT2D eigenvalue weighted by molar-refractivity contribution is 6.29. The van der Waals surface area contributed by atoms with E-state index in [2.05, 4.69) is 16.9 Å². The third-order valence-corrected chi connectivity index (χ3v) is 2.92. The zero-order chi connectivity index (χ0) is 11.5. The van der Waals surface area contributed by atoms with Crippen LogP contribution >= 0.6 is 11.6 Å². The van der Waals surface area contributed by atoms with Crippen LogP contribution in [0.1, 0.15) is 12.8 Å². The Morgan fingerprint density at radius 2 is 2.31 bits per heavy atom. The summed E-state index contributed by atoms with van der Waals surface area (Å²) in [6.45, 7) is 1.48. The molecule has 1 aliphatic rings. The van der Waals surface area contributed by atoms with E-state index in [9.17, 15) is 0 Å². The summed E-state index contributed by atoms with van der Waals surface area (Å²) >= 11 is 5.76. The number of halogens is 1. The van der Waals surface area contributed by atoms with Crippen molar-refractivity contribution in [2.45, 2.75) is 18.9 Å². The number of nitrogens with zero attached hydrogens (tertiary/aromatic N) is 2. The Morgan fingerprint density at radius 1 is 1.56 bits per heavy atom. The van der Waals surface area contributed by atoms with Crippen LogP contribution in [0.2, 0.25) is 5.15 Å². The number of hydrogen-bond acceptors (Lipinski definition) is 4. The maximum atomic E-state index is 5.76. The summed E-state index contributed by atoms with van der Waals surface area (Å²) in [6.07, 6.45) is 2.60. The third-order valence-electron chi connectivity index (χ3n) is 2.71. The van der Waals surface area contributed by atoms with E-state index in [-0.39, 0.29) is 0 Å². The zero-order valence-electron chi connectivity index (χ0n) is 9.32. The quantitative estimate of drug-likeness (QED) is 0.799. The molecule has 5 heteroatoms. The molecule has 1 saturated carbocycles. The van der Waals surface area contributed by atoms with Gasteiger partial charge in [-0.05, 0) is 32.0 Å². The number of likely N-dealkylation sites (N-methyl/N-ethyl adjacent to an activating group) is 1. The molecule has 1 aromatic heterocycles. The number of hydrogen-bond donors (Lipinski definition) is 1. The maximum absolute atomic E-state index is 5.76. The molecule has 0 aliphatic heterocycles. The lowest BCUT2D eigenvalue weighted by Crippen LogP contribution is -2.26. The molecule has 2 N–H and O–H groups in total. The highest BCUT2D eigenvalue weighted by Crippen LogP contribution is 2.25. The lowest BCUT2D eigenvalue weighted by molar-refractivity contribution is 0.227. The molecular weight excluding hydrogens is 226 g/mol. The predicted octanol–water partition coefficient (Wildman–Crippen LogP) is 1.79. The first kappa shape index (κ1) is 11.5. The van der Waals surface area contributed by atoms with Gasteiger partial charge in [-0.1, -0.05) is 11.6 Å². The average Bonchev–Trinajstić information content (AvgIpc) is 3.06. The third kappa shape index (κ3) is 3.00. The van der Waals surface area contributed by atoms with E-state index >= 15 is 0 Å². The molecule has 0 aromatic carbocycles. The Hall–Kier alpha value is -1.00. The molecule has 0 amide bonds. The highest BCUT2D eigenvalue weighted by Gasteiger charge is 2.25. The minimum atomic E-state index is 0.403. The van der Waals surface area contributed by atoms with Crippen molar-refractivity contribution >= 4 is 17.3 Å². The van der Waals surface area contributed by atoms with Crippen LogP contribution in [0.5, 0.6) is 5.88 Å². The lowest BCUT2D eigenvalue weighted by Gasteiger charge is -2.15. The smallest absolute Gasteiger partial charge is 0.238 e. The monoisotopic (exact) mass is 241 g/mol. The van der Waals surface area contributed by atoms with Gasteiger partial charge in [-0.2, -0.15) is 4.98 Å². The predicted molar refractivity (Wildman–Crippen MR) is 64.8 cm³/mol. The van der Waals surface area contributed by atoms with Gasteiger partial charge < -0.3 is 15.4 Å². The van der Waals surface area contributed by atoms with E-state index in [4.69, 9.17) is 22.1 Å². The van der Waals surface area contributed by atoms with Crippen molar-refractivity contribution in [3.63, 3.8) is 0 Å². The number of rotatable bonds is 5. The van der Waals surface area contributed by atoms with Crippen molar-refractivity contribution in [3.05, 3.63) is 17.3 Å². The Morgan fingerprint density at radius 3 is 3.00 bits per heavy atom. The van der Waals surface area contributed by atoms with E-state index in [0.29, 0.717) is 23.3 Å². The molecule has 0 radical (unpaired) electrons. The summed E-state index contributed by atoms with van der Waals surface area (Å²) in [4.78, 5) is 6.32. The van der Waals surface area contributed by atoms with E-state index in [1.54, 1.807) is 12.1 Å². The topological polar surface area (TPSA) is 51.4 Å². The SMILES string of the molecule is CN(CCOc1nc(Cl)ccc1N)C1CC1. The number of aromatic nitrogens is 1. The molecule has 88 valence electrons. The maximum Gasteiger partial charge on any atom is 0.238 e. The minimum Gasteiger partial charge on any atom is -0.475 e. The molecule has 1 fully saturated rings. The van der Waals surface area contributed by atoms with Crippen molar-refractivity contribution in [1.29, 1.82) is 0 Å². The van der Waals surface area contributed by atoms with Gasteiger partial charge in [0.05, 0.1) is 5.69 Å². The Labute approximate surface area is 100 Å². The van der Waals surface area contributed by atoms with Gasteiger partial charge in [-0.3, -0.25) is 0 Å². The molecule has 16 heavy (non-hydrogen) atoms. The molecule has 0 saturated heterocycles. The molecule has 2 rings (SSSR count). The van der Waals surface area contributed by atoms with Crippen LogP contribution in [-0.2, 0) is 0 Å². The molecule has 0 bridgehead atoms. The van der Waals surface area contributed by atoms with Crippen LogP contribution in [0, 0.1) is 0 Å². The summed E-state index contributed by atoms with van der Waals surface area (Å²) in [5.41, 5.74) is 6.25. The average molecular weight is 242 g/mol. The summed E-state index contributed by atoms with van der Waals surface area (Å²) in [5, 5.41) is 0.403. The fraction of sp³-hybridized carbons (Fsp3) is 0.545. The van der Waals surface area contributed by atoms with Crippen molar-refractivity contribution in [3.8, 4) is 5.88 Å². The Bertz CT molecular complexity index is 368. The molecule has 4 nitrogen and oxygen atoms in total. The normalized spacial score (nSPS) is 15.4. The van der Waals surface area contributed by atoms with Crippen molar-refractivity contribution < 1.29 is 4.74 Å². The Balaban J connectivity index is 1.81. The zero-order valence-corrected chi connectivity index (χ0v) is 10.1. The van der Waals surface area contributed by atoms with Gasteiger partial charge in [0.15, 0.2) is 0 Å². The first-order valence-electron chi connectivity index (χ1n) is 5.42. The standard InChI is InChI=1S/C11H16ClN3O/c1-15(8-2-3-8)6-7-16-11-9(13)4-5-10(12)14-11/h4-5,8H,2-3,6-7,13H2,1H3. The minimum absolute atomic E-state index is 0.403. The van der Waals surface area contributed by atoms with Crippen LogP contribution < -0.4 is 10.5 Å². The largest absolute Gasteiger partial charge is 0.475 e. The van der Waals surface area contributed by atoms with Gasteiger partial charge in [0, 0.05) is 12.6 Å². The van der Waals surface area contributed by atoms with Crippen LogP contribution in [-0.4, -0.2) is 36.1 Å². The number of ether oxygens (including phenoxy) is 1. The van der Waals surface area contributed by atoms with Crippen molar-refractivity contribution in [1.82, 2.24) is 9.88 Å². The number of pyridine rings is 1. The van der Waals surface area contributed by atoms with Crippen molar-refractivity contribution in [2.24, 2.45) is 0 Å². The highest BCUT2D eigenvalue weighted by atomic mass is 35.5. The van der Waals surface area contributed by atoms with Gasteiger partial charge in [0.2, 0.25) is 5.88 Å². The molecule has 1 heterocycles. The first-order chi connectivity index (χ1) is 7.66. The van der Waals surface area contributed by atoms with E-state index in [1.807, 2.05) is 0 Å². The second-order valence-electron chi connectivity index (χ2n) is 4.09. The lowest BCUT2D eigenvalue weighted by atomic mass is 10.4. The summed E-state index contributed by atoms with van der Waals surface area (Å²) < 4.78 is 5.50. The Kier molecular flexibility index (Phi) is 3.51. The second-order valence-corrected chi connectivity index (χ2v) is 4.48. The van der Waals surface area contributed by atoms with Crippen LogP contribution in [0.15, 0.2) is 12.1 Å². The molecular formula is C11H16ClN3O. The van der Waals surface area contributed by atoms with Crippen LogP contribution in [0.25, 0.3) is 0 Å². The summed E-state index contributed by atoms with van der Waals surface area (Å²) in [6, 6.07) is 4.10. The number of nitrogen functional groups attached to an aromatic ring is 1. The summed E-state index contributed by atoms with van der Waals surface area (Å²) in [7, 11) is 2.11. The molecule has 1 aromatic rings. The molecule has 1 aliphatic carbocycles. The van der Waals surface area contributed by atoms with Crippen LogP contribution in [0.4, 0.5) is 5.69 Å². The van der Waals surface area contributed by atoms with Gasteiger partial charge in [-0.25, -0.2) is 0 Å². The van der Waals surface area contributed by atoms with E-state index in [1.165, 1.54) is 12.8 Å². The molecule has 0 unspecified atom stereocenters. The van der Waals surface area contributed by atoms with Gasteiger partial charge in [0.1, 0.15) is 11.8 Å². The number of nitrogens with two attached hydrogens (primary N) is 1. The molecule has 0 spiro atoms. The van der Waals surface area contributed by atoms with E-state index in [0.717, 1.165) is 12.6 Å². The molecule has 0 atom stereocenters. The second kappa shape index (κ2) is 4.89. The first-order valence-corrected chi connectivity index (χ1v) is 5.79. The van der Waals surface area contributed by atoms with Crippen molar-refractivity contribution in [2.75, 3.05) is 25.9 Å². The van der Waals surface area contributed by atoms with E-state index < -0.39 is 0 Å². The summed E-state index contributed by atoms with van der Waals surface area (Å²) in [5.74, 6) is 0.427. The van der Waals surface area contributed by atoms with Crippen LogP contribution in [0.3, 0.4) is 0 Å².